The third kappa shape index (κ3) is 2.82. The third-order valence-corrected chi connectivity index (χ3v) is 3.65. The smallest absolute Gasteiger partial charge is 0.273 e. The summed E-state index contributed by atoms with van der Waals surface area (Å²) in [6.45, 7) is 2.41. The minimum absolute atomic E-state index is 0.0912. The SMILES string of the molecule is Cc1ocnc1C(=O)N[C@H]1CCCO[C@@H]1c1cnn(C)c1. The number of nitrogens with one attached hydrogen (secondary N) is 1. The normalized spacial score (nSPS) is 22.2. The van der Waals surface area contributed by atoms with E-state index in [1.165, 1.54) is 6.39 Å². The Morgan fingerprint density at radius 3 is 3.05 bits per heavy atom. The molecular formula is C14H18N4O3. The van der Waals surface area contributed by atoms with Crippen LogP contribution in [0.5, 0.6) is 0 Å². The zero-order chi connectivity index (χ0) is 14.8. The second-order valence-corrected chi connectivity index (χ2v) is 5.22. The Morgan fingerprint density at radius 2 is 2.38 bits per heavy atom. The highest BCUT2D eigenvalue weighted by atomic mass is 16.5. The Balaban J connectivity index is 1.76. The molecule has 3 heterocycles. The van der Waals surface area contributed by atoms with E-state index in [4.69, 9.17) is 9.15 Å². The average molecular weight is 290 g/mol. The first-order valence-corrected chi connectivity index (χ1v) is 6.96. The lowest BCUT2D eigenvalue weighted by Crippen LogP contribution is -2.43. The summed E-state index contributed by atoms with van der Waals surface area (Å²) in [7, 11) is 1.86. The van der Waals surface area contributed by atoms with Gasteiger partial charge in [-0.1, -0.05) is 0 Å². The van der Waals surface area contributed by atoms with Crippen molar-refractivity contribution in [2.24, 2.45) is 7.05 Å². The van der Waals surface area contributed by atoms with Crippen molar-refractivity contribution in [2.45, 2.75) is 31.9 Å². The summed E-state index contributed by atoms with van der Waals surface area (Å²) in [6.07, 6.45) is 6.57. The molecule has 0 saturated carbocycles. The van der Waals surface area contributed by atoms with Gasteiger partial charge in [0.15, 0.2) is 12.1 Å². The third-order valence-electron chi connectivity index (χ3n) is 3.65. The molecule has 1 amide bonds. The maximum Gasteiger partial charge on any atom is 0.273 e. The molecule has 1 aliphatic rings. The molecule has 112 valence electrons. The molecule has 1 aliphatic heterocycles. The van der Waals surface area contributed by atoms with Gasteiger partial charge in [-0.2, -0.15) is 5.10 Å². The number of nitrogens with zero attached hydrogens (tertiary/aromatic N) is 3. The van der Waals surface area contributed by atoms with E-state index in [0.717, 1.165) is 18.4 Å². The first-order valence-electron chi connectivity index (χ1n) is 6.96. The van der Waals surface area contributed by atoms with Crippen molar-refractivity contribution in [3.8, 4) is 0 Å². The van der Waals surface area contributed by atoms with Gasteiger partial charge in [-0.3, -0.25) is 9.48 Å². The number of aryl methyl sites for hydroxylation is 2. The van der Waals surface area contributed by atoms with E-state index in [0.29, 0.717) is 18.1 Å². The molecule has 0 spiro atoms. The van der Waals surface area contributed by atoms with Crippen LogP contribution in [0.25, 0.3) is 0 Å². The molecule has 21 heavy (non-hydrogen) atoms. The van der Waals surface area contributed by atoms with Crippen molar-refractivity contribution >= 4 is 5.91 Å². The summed E-state index contributed by atoms with van der Waals surface area (Å²) in [5.41, 5.74) is 1.30. The van der Waals surface area contributed by atoms with Gasteiger partial charge in [0, 0.05) is 25.4 Å². The average Bonchev–Trinajstić information content (AvgIpc) is 3.08. The quantitative estimate of drug-likeness (QED) is 0.923. The fourth-order valence-electron chi connectivity index (χ4n) is 2.60. The topological polar surface area (TPSA) is 82.2 Å². The minimum Gasteiger partial charge on any atom is -0.448 e. The fraction of sp³-hybridized carbons (Fsp3) is 0.500. The van der Waals surface area contributed by atoms with E-state index in [2.05, 4.69) is 15.4 Å². The van der Waals surface area contributed by atoms with Crippen LogP contribution in [0.2, 0.25) is 0 Å². The Hall–Kier alpha value is -2.15. The van der Waals surface area contributed by atoms with E-state index >= 15 is 0 Å². The molecule has 2 aromatic rings. The van der Waals surface area contributed by atoms with E-state index in [1.807, 2.05) is 13.2 Å². The maximum atomic E-state index is 12.3. The summed E-state index contributed by atoms with van der Waals surface area (Å²) in [4.78, 5) is 16.2. The fourth-order valence-corrected chi connectivity index (χ4v) is 2.60. The molecular weight excluding hydrogens is 272 g/mol. The van der Waals surface area contributed by atoms with Crippen molar-refractivity contribution in [3.05, 3.63) is 35.8 Å². The molecule has 2 aromatic heterocycles. The molecule has 0 radical (unpaired) electrons. The number of hydrogen-bond donors (Lipinski definition) is 1. The summed E-state index contributed by atoms with van der Waals surface area (Å²) >= 11 is 0. The van der Waals surface area contributed by atoms with Crippen LogP contribution in [0, 0.1) is 6.92 Å². The van der Waals surface area contributed by atoms with Crippen LogP contribution < -0.4 is 5.32 Å². The lowest BCUT2D eigenvalue weighted by Gasteiger charge is -2.31. The molecule has 0 bridgehead atoms. The van der Waals surface area contributed by atoms with Crippen LogP contribution in [0.4, 0.5) is 0 Å². The zero-order valence-electron chi connectivity index (χ0n) is 12.1. The monoisotopic (exact) mass is 290 g/mol. The number of rotatable bonds is 3. The highest BCUT2D eigenvalue weighted by molar-refractivity contribution is 5.93. The molecule has 7 nitrogen and oxygen atoms in total. The predicted octanol–water partition coefficient (Wildman–Crippen LogP) is 1.37. The van der Waals surface area contributed by atoms with Gasteiger partial charge in [0.1, 0.15) is 11.9 Å². The number of carbonyl (C=O) groups excluding carboxylic acids is 1. The molecule has 2 atom stereocenters. The van der Waals surface area contributed by atoms with Gasteiger partial charge in [0.2, 0.25) is 0 Å². The lowest BCUT2D eigenvalue weighted by atomic mass is 9.98. The van der Waals surface area contributed by atoms with E-state index in [-0.39, 0.29) is 18.1 Å². The van der Waals surface area contributed by atoms with Gasteiger partial charge in [-0.15, -0.1) is 0 Å². The molecule has 0 aliphatic carbocycles. The molecule has 1 fully saturated rings. The number of ether oxygens (including phenoxy) is 1. The van der Waals surface area contributed by atoms with Crippen molar-refractivity contribution in [1.82, 2.24) is 20.1 Å². The number of oxazole rings is 1. The van der Waals surface area contributed by atoms with Gasteiger partial charge < -0.3 is 14.5 Å². The first kappa shape index (κ1) is 13.8. The van der Waals surface area contributed by atoms with Crippen LogP contribution in [0.3, 0.4) is 0 Å². The standard InChI is InChI=1S/C14H18N4O3/c1-9-12(15-8-21-9)14(19)17-11-4-3-5-20-13(11)10-6-16-18(2)7-10/h6-8,11,13H,3-5H2,1-2H3,(H,17,19)/t11-,13+/m0/s1. The summed E-state index contributed by atoms with van der Waals surface area (Å²) in [5.74, 6) is 0.285. The molecule has 0 aromatic carbocycles. The summed E-state index contributed by atoms with van der Waals surface area (Å²) in [6, 6.07) is -0.0912. The Morgan fingerprint density at radius 1 is 1.52 bits per heavy atom. The highest BCUT2D eigenvalue weighted by Gasteiger charge is 2.30. The number of aromatic nitrogens is 3. The Labute approximate surface area is 122 Å². The maximum absolute atomic E-state index is 12.3. The van der Waals surface area contributed by atoms with Crippen LogP contribution in [0.1, 0.15) is 40.8 Å². The van der Waals surface area contributed by atoms with Gasteiger partial charge in [0.05, 0.1) is 12.2 Å². The second kappa shape index (κ2) is 5.69. The van der Waals surface area contributed by atoms with E-state index in [9.17, 15) is 4.79 Å². The molecule has 0 unspecified atom stereocenters. The van der Waals surface area contributed by atoms with Crippen LogP contribution in [-0.2, 0) is 11.8 Å². The molecule has 1 N–H and O–H groups in total. The van der Waals surface area contributed by atoms with Gasteiger partial charge >= 0.3 is 0 Å². The van der Waals surface area contributed by atoms with Gasteiger partial charge in [0.25, 0.3) is 5.91 Å². The van der Waals surface area contributed by atoms with Crippen molar-refractivity contribution in [2.75, 3.05) is 6.61 Å². The van der Waals surface area contributed by atoms with Crippen LogP contribution in [0.15, 0.2) is 23.2 Å². The molecule has 1 saturated heterocycles. The van der Waals surface area contributed by atoms with Gasteiger partial charge in [-0.25, -0.2) is 4.98 Å². The first-order chi connectivity index (χ1) is 10.1. The Bertz CT molecular complexity index is 634. The lowest BCUT2D eigenvalue weighted by molar-refractivity contribution is -0.00956. The van der Waals surface area contributed by atoms with E-state index in [1.54, 1.807) is 17.8 Å². The van der Waals surface area contributed by atoms with Gasteiger partial charge in [-0.05, 0) is 19.8 Å². The highest BCUT2D eigenvalue weighted by Crippen LogP contribution is 2.28. The summed E-state index contributed by atoms with van der Waals surface area (Å²) < 4.78 is 12.6. The van der Waals surface area contributed by atoms with Crippen LogP contribution >= 0.6 is 0 Å². The van der Waals surface area contributed by atoms with Crippen molar-refractivity contribution < 1.29 is 13.9 Å². The minimum atomic E-state index is -0.231. The van der Waals surface area contributed by atoms with Crippen LogP contribution in [-0.4, -0.2) is 33.3 Å². The molecule has 7 heteroatoms. The number of carbonyl (C=O) groups is 1. The van der Waals surface area contributed by atoms with E-state index < -0.39 is 0 Å². The van der Waals surface area contributed by atoms with Crippen molar-refractivity contribution in [1.29, 1.82) is 0 Å². The molecule has 3 rings (SSSR count). The second-order valence-electron chi connectivity index (χ2n) is 5.22. The van der Waals surface area contributed by atoms with Crippen molar-refractivity contribution in [3.63, 3.8) is 0 Å². The number of hydrogen-bond acceptors (Lipinski definition) is 5. The summed E-state index contributed by atoms with van der Waals surface area (Å²) in [5, 5.41) is 7.16. The zero-order valence-corrected chi connectivity index (χ0v) is 12.1. The predicted molar refractivity (Wildman–Crippen MR) is 73.6 cm³/mol. The number of amides is 1. The largest absolute Gasteiger partial charge is 0.448 e. The Kier molecular flexibility index (Phi) is 3.74.